The molecule has 0 aliphatic carbocycles. The van der Waals surface area contributed by atoms with Crippen LogP contribution in [0, 0.1) is 0 Å². The predicted molar refractivity (Wildman–Crippen MR) is 70.8 cm³/mol. The van der Waals surface area contributed by atoms with Gasteiger partial charge >= 0.3 is 0 Å². The molecule has 1 unspecified atom stereocenters. The molecule has 0 fully saturated rings. The lowest BCUT2D eigenvalue weighted by atomic mass is 9.97. The molecule has 3 nitrogen and oxygen atoms in total. The summed E-state index contributed by atoms with van der Waals surface area (Å²) in [6.07, 6.45) is 0.980. The Labute approximate surface area is 101 Å². The monoisotopic (exact) mass is 230 g/mol. The summed E-state index contributed by atoms with van der Waals surface area (Å²) in [5.41, 5.74) is -0.156. The van der Waals surface area contributed by atoms with Gasteiger partial charge in [-0.2, -0.15) is 0 Å². The maximum Gasteiger partial charge on any atom is 0.0611 e. The van der Waals surface area contributed by atoms with Gasteiger partial charge in [-0.15, -0.1) is 0 Å². The molecular weight excluding hydrogens is 200 g/mol. The van der Waals surface area contributed by atoms with Crippen molar-refractivity contribution in [2.75, 3.05) is 19.7 Å². The number of hydrogen-bond acceptors (Lipinski definition) is 3. The zero-order chi connectivity index (χ0) is 12.8. The van der Waals surface area contributed by atoms with Crippen LogP contribution in [-0.2, 0) is 0 Å². The minimum absolute atomic E-state index is 0.156. The Morgan fingerprint density at radius 2 is 1.81 bits per heavy atom. The van der Waals surface area contributed by atoms with Gasteiger partial charge in [0.2, 0.25) is 0 Å². The van der Waals surface area contributed by atoms with E-state index in [0.29, 0.717) is 12.1 Å². The number of nitrogens with one attached hydrogen (secondary N) is 1. The van der Waals surface area contributed by atoms with E-state index in [1.807, 2.05) is 0 Å². The van der Waals surface area contributed by atoms with Crippen LogP contribution in [0.1, 0.15) is 48.0 Å². The third-order valence-electron chi connectivity index (χ3n) is 3.07. The predicted octanol–water partition coefficient (Wildman–Crippen LogP) is 1.86. The first-order chi connectivity index (χ1) is 7.34. The summed E-state index contributed by atoms with van der Waals surface area (Å²) >= 11 is 0. The lowest BCUT2D eigenvalue weighted by molar-refractivity contribution is 0.130. The molecule has 0 aromatic carbocycles. The molecule has 0 saturated heterocycles. The van der Waals surface area contributed by atoms with E-state index in [4.69, 9.17) is 0 Å². The summed E-state index contributed by atoms with van der Waals surface area (Å²) in [5.74, 6) is 0. The van der Waals surface area contributed by atoms with Crippen molar-refractivity contribution in [2.45, 2.75) is 65.6 Å². The number of hydrogen-bond donors (Lipinski definition) is 2. The lowest BCUT2D eigenvalue weighted by Crippen LogP contribution is -2.51. The molecular formula is C13H30N2O. The molecule has 16 heavy (non-hydrogen) atoms. The highest BCUT2D eigenvalue weighted by atomic mass is 16.3. The van der Waals surface area contributed by atoms with Crippen molar-refractivity contribution in [2.24, 2.45) is 0 Å². The van der Waals surface area contributed by atoms with Crippen LogP contribution < -0.4 is 5.32 Å². The maximum absolute atomic E-state index is 9.48. The lowest BCUT2D eigenvalue weighted by Gasteiger charge is -2.34. The summed E-state index contributed by atoms with van der Waals surface area (Å²) in [6, 6.07) is 0.985. The van der Waals surface area contributed by atoms with E-state index in [0.717, 1.165) is 19.5 Å². The Morgan fingerprint density at radius 3 is 2.12 bits per heavy atom. The number of nitrogens with zero attached hydrogens (tertiary/aromatic N) is 1. The second-order valence-corrected chi connectivity index (χ2v) is 5.49. The summed E-state index contributed by atoms with van der Waals surface area (Å²) in [5, 5.41) is 12.9. The second-order valence-electron chi connectivity index (χ2n) is 5.49. The molecule has 0 aromatic heterocycles. The standard InChI is InChI=1S/C13H30N2O/c1-7-15(12(4)5)9-8-13(6,10-16)14-11(2)3/h11-12,14,16H,7-10H2,1-6H3. The van der Waals surface area contributed by atoms with Crippen LogP contribution in [-0.4, -0.2) is 47.3 Å². The zero-order valence-electron chi connectivity index (χ0n) is 11.9. The van der Waals surface area contributed by atoms with E-state index in [1.165, 1.54) is 0 Å². The van der Waals surface area contributed by atoms with Crippen molar-refractivity contribution >= 4 is 0 Å². The normalized spacial score (nSPS) is 16.1. The molecule has 0 heterocycles. The number of aliphatic hydroxyl groups is 1. The largest absolute Gasteiger partial charge is 0.394 e. The van der Waals surface area contributed by atoms with Gasteiger partial charge in [0.15, 0.2) is 0 Å². The molecule has 0 radical (unpaired) electrons. The molecule has 0 aliphatic rings. The molecule has 0 amide bonds. The minimum atomic E-state index is -0.156. The van der Waals surface area contributed by atoms with E-state index < -0.39 is 0 Å². The van der Waals surface area contributed by atoms with Gasteiger partial charge in [0.05, 0.1) is 6.61 Å². The van der Waals surface area contributed by atoms with E-state index in [1.54, 1.807) is 0 Å². The first-order valence-corrected chi connectivity index (χ1v) is 6.47. The average molecular weight is 230 g/mol. The topological polar surface area (TPSA) is 35.5 Å². The second kappa shape index (κ2) is 7.25. The van der Waals surface area contributed by atoms with Gasteiger partial charge < -0.3 is 15.3 Å². The van der Waals surface area contributed by atoms with E-state index in [-0.39, 0.29) is 12.1 Å². The summed E-state index contributed by atoms with van der Waals surface area (Å²) < 4.78 is 0. The van der Waals surface area contributed by atoms with Crippen molar-refractivity contribution in [3.05, 3.63) is 0 Å². The van der Waals surface area contributed by atoms with Gasteiger partial charge in [-0.3, -0.25) is 0 Å². The van der Waals surface area contributed by atoms with Gasteiger partial charge in [-0.25, -0.2) is 0 Å². The molecule has 2 N–H and O–H groups in total. The average Bonchev–Trinajstić information content (AvgIpc) is 2.17. The van der Waals surface area contributed by atoms with Crippen LogP contribution in [0.5, 0.6) is 0 Å². The SMILES string of the molecule is CCN(CCC(C)(CO)NC(C)C)C(C)C. The van der Waals surface area contributed by atoms with Crippen LogP contribution in [0.3, 0.4) is 0 Å². The van der Waals surface area contributed by atoms with Crippen molar-refractivity contribution in [1.29, 1.82) is 0 Å². The van der Waals surface area contributed by atoms with E-state index in [9.17, 15) is 5.11 Å². The minimum Gasteiger partial charge on any atom is -0.394 e. The highest BCUT2D eigenvalue weighted by Crippen LogP contribution is 2.12. The molecule has 0 aromatic rings. The number of aliphatic hydroxyl groups excluding tert-OH is 1. The Balaban J connectivity index is 4.21. The molecule has 0 rings (SSSR count). The smallest absolute Gasteiger partial charge is 0.0611 e. The zero-order valence-corrected chi connectivity index (χ0v) is 11.9. The van der Waals surface area contributed by atoms with Gasteiger partial charge in [0, 0.05) is 24.2 Å². The first kappa shape index (κ1) is 15.9. The summed E-state index contributed by atoms with van der Waals surface area (Å²) in [6.45, 7) is 15.3. The molecule has 0 saturated carbocycles. The van der Waals surface area contributed by atoms with Crippen molar-refractivity contribution in [3.63, 3.8) is 0 Å². The van der Waals surface area contributed by atoms with Crippen LogP contribution in [0.25, 0.3) is 0 Å². The van der Waals surface area contributed by atoms with E-state index >= 15 is 0 Å². The molecule has 0 aliphatic heterocycles. The highest BCUT2D eigenvalue weighted by Gasteiger charge is 2.24. The Kier molecular flexibility index (Phi) is 7.20. The van der Waals surface area contributed by atoms with Crippen molar-refractivity contribution < 1.29 is 5.11 Å². The van der Waals surface area contributed by atoms with Crippen LogP contribution in [0.2, 0.25) is 0 Å². The van der Waals surface area contributed by atoms with Gasteiger partial charge in [0.1, 0.15) is 0 Å². The van der Waals surface area contributed by atoms with Gasteiger partial charge in [-0.05, 0) is 33.7 Å². The fourth-order valence-electron chi connectivity index (χ4n) is 2.07. The van der Waals surface area contributed by atoms with Crippen LogP contribution in [0.15, 0.2) is 0 Å². The van der Waals surface area contributed by atoms with Gasteiger partial charge in [0.25, 0.3) is 0 Å². The van der Waals surface area contributed by atoms with Crippen molar-refractivity contribution in [3.8, 4) is 0 Å². The number of rotatable bonds is 8. The van der Waals surface area contributed by atoms with Gasteiger partial charge in [-0.1, -0.05) is 20.8 Å². The molecule has 0 bridgehead atoms. The fraction of sp³-hybridized carbons (Fsp3) is 1.00. The Bertz CT molecular complexity index is 183. The Morgan fingerprint density at radius 1 is 1.25 bits per heavy atom. The van der Waals surface area contributed by atoms with Crippen LogP contribution >= 0.6 is 0 Å². The summed E-state index contributed by atoms with van der Waals surface area (Å²) in [4.78, 5) is 2.43. The quantitative estimate of drug-likeness (QED) is 0.668. The van der Waals surface area contributed by atoms with Crippen LogP contribution in [0.4, 0.5) is 0 Å². The highest BCUT2D eigenvalue weighted by molar-refractivity contribution is 4.85. The first-order valence-electron chi connectivity index (χ1n) is 6.47. The Hall–Kier alpha value is -0.120. The molecule has 1 atom stereocenters. The molecule has 0 spiro atoms. The third-order valence-corrected chi connectivity index (χ3v) is 3.07. The molecule has 98 valence electrons. The molecule has 3 heteroatoms. The third kappa shape index (κ3) is 5.83. The summed E-state index contributed by atoms with van der Waals surface area (Å²) in [7, 11) is 0. The maximum atomic E-state index is 9.48. The van der Waals surface area contributed by atoms with Crippen molar-refractivity contribution in [1.82, 2.24) is 10.2 Å². The fourth-order valence-corrected chi connectivity index (χ4v) is 2.07. The van der Waals surface area contributed by atoms with E-state index in [2.05, 4.69) is 51.8 Å².